The lowest BCUT2D eigenvalue weighted by molar-refractivity contribution is 0.198. The lowest BCUT2D eigenvalue weighted by atomic mass is 10.2. The summed E-state index contributed by atoms with van der Waals surface area (Å²) in [6, 6.07) is 0. The van der Waals surface area contributed by atoms with Crippen molar-refractivity contribution < 1.29 is 9.84 Å². The average Bonchev–Trinajstić information content (AvgIpc) is 2.19. The van der Waals surface area contributed by atoms with E-state index >= 15 is 0 Å². The first-order valence-corrected chi connectivity index (χ1v) is 4.47. The molecule has 5 nitrogen and oxygen atoms in total. The van der Waals surface area contributed by atoms with Crippen LogP contribution in [0.2, 0.25) is 0 Å². The third kappa shape index (κ3) is 3.27. The number of ether oxygens (including phenoxy) is 1. The maximum Gasteiger partial charge on any atom is 0.222 e. The first kappa shape index (κ1) is 10.9. The first-order valence-electron chi connectivity index (χ1n) is 4.47. The van der Waals surface area contributed by atoms with E-state index in [0.717, 1.165) is 0 Å². The predicted molar refractivity (Wildman–Crippen MR) is 53.0 cm³/mol. The largest absolute Gasteiger partial charge is 0.389 e. The first-order chi connectivity index (χ1) is 6.74. The Balaban J connectivity index is 2.47. The highest BCUT2D eigenvalue weighted by atomic mass is 16.5. The normalized spacial score (nSPS) is 12.5. The van der Waals surface area contributed by atoms with Crippen molar-refractivity contribution in [1.29, 1.82) is 0 Å². The van der Waals surface area contributed by atoms with Crippen LogP contribution in [-0.4, -0.2) is 35.3 Å². The summed E-state index contributed by atoms with van der Waals surface area (Å²) in [4.78, 5) is 8.07. The number of hydrogen-bond acceptors (Lipinski definition) is 5. The second kappa shape index (κ2) is 5.51. The van der Waals surface area contributed by atoms with Gasteiger partial charge in [-0.3, -0.25) is 0 Å². The summed E-state index contributed by atoms with van der Waals surface area (Å²) in [5.74, 6) is 0.548. The van der Waals surface area contributed by atoms with Crippen molar-refractivity contribution in [1.82, 2.24) is 9.97 Å². The van der Waals surface area contributed by atoms with E-state index in [9.17, 15) is 5.11 Å². The van der Waals surface area contributed by atoms with Crippen LogP contribution in [0.15, 0.2) is 12.4 Å². The molecule has 2 N–H and O–H groups in total. The number of nitrogens with one attached hydrogen (secondary N) is 1. The molecule has 0 spiro atoms. The molecule has 0 amide bonds. The molecule has 0 aliphatic rings. The maximum atomic E-state index is 9.21. The van der Waals surface area contributed by atoms with Crippen LogP contribution in [0.3, 0.4) is 0 Å². The summed E-state index contributed by atoms with van der Waals surface area (Å²) in [5.41, 5.74) is 0.710. The molecule has 14 heavy (non-hydrogen) atoms. The second-order valence-corrected chi connectivity index (χ2v) is 2.94. The number of aliphatic hydroxyl groups is 1. The third-order valence-corrected chi connectivity index (χ3v) is 1.74. The molecule has 78 valence electrons. The fourth-order valence-corrected chi connectivity index (χ4v) is 0.910. The zero-order valence-electron chi connectivity index (χ0n) is 8.40. The van der Waals surface area contributed by atoms with Crippen LogP contribution >= 0.6 is 0 Å². The highest BCUT2D eigenvalue weighted by molar-refractivity contribution is 5.24. The van der Waals surface area contributed by atoms with E-state index in [-0.39, 0.29) is 0 Å². The van der Waals surface area contributed by atoms with Crippen molar-refractivity contribution in [2.24, 2.45) is 0 Å². The Morgan fingerprint density at radius 2 is 2.14 bits per heavy atom. The van der Waals surface area contributed by atoms with E-state index in [4.69, 9.17) is 4.74 Å². The van der Waals surface area contributed by atoms with Gasteiger partial charge in [-0.25, -0.2) is 9.97 Å². The van der Waals surface area contributed by atoms with E-state index in [1.54, 1.807) is 26.4 Å². The van der Waals surface area contributed by atoms with Gasteiger partial charge < -0.3 is 15.2 Å². The zero-order valence-corrected chi connectivity index (χ0v) is 8.40. The molecular formula is C9H15N3O2. The minimum Gasteiger partial charge on any atom is -0.389 e. The minimum absolute atomic E-state index is 0.525. The van der Waals surface area contributed by atoms with E-state index in [1.807, 2.05) is 0 Å². The van der Waals surface area contributed by atoms with E-state index < -0.39 is 6.10 Å². The second-order valence-electron chi connectivity index (χ2n) is 2.94. The number of aromatic nitrogens is 2. The summed E-state index contributed by atoms with van der Waals surface area (Å²) in [7, 11) is 1.64. The lowest BCUT2D eigenvalue weighted by Crippen LogP contribution is -2.10. The molecule has 0 saturated carbocycles. The Bertz CT molecular complexity index is 261. The van der Waals surface area contributed by atoms with Gasteiger partial charge in [-0.2, -0.15) is 0 Å². The van der Waals surface area contributed by atoms with Crippen LogP contribution < -0.4 is 5.32 Å². The monoisotopic (exact) mass is 197 g/mol. The Labute approximate surface area is 83.2 Å². The van der Waals surface area contributed by atoms with Crippen molar-refractivity contribution >= 4 is 5.95 Å². The quantitative estimate of drug-likeness (QED) is 0.676. The molecule has 0 aromatic carbocycles. The van der Waals surface area contributed by atoms with Crippen LogP contribution in [0.5, 0.6) is 0 Å². The number of methoxy groups -OCH3 is 1. The molecule has 1 rings (SSSR count). The van der Waals surface area contributed by atoms with Crippen molar-refractivity contribution in [3.8, 4) is 0 Å². The molecule has 5 heteroatoms. The fraction of sp³-hybridized carbons (Fsp3) is 0.556. The van der Waals surface area contributed by atoms with Gasteiger partial charge in [-0.15, -0.1) is 0 Å². The van der Waals surface area contributed by atoms with Crippen molar-refractivity contribution in [3.05, 3.63) is 18.0 Å². The van der Waals surface area contributed by atoms with Crippen LogP contribution in [-0.2, 0) is 4.74 Å². The van der Waals surface area contributed by atoms with Crippen LogP contribution in [0, 0.1) is 0 Å². The molecule has 1 atom stereocenters. The molecule has 1 unspecified atom stereocenters. The van der Waals surface area contributed by atoms with Gasteiger partial charge in [0, 0.05) is 31.6 Å². The highest BCUT2D eigenvalue weighted by Gasteiger charge is 2.01. The number of rotatable bonds is 5. The van der Waals surface area contributed by atoms with Crippen molar-refractivity contribution in [3.63, 3.8) is 0 Å². The lowest BCUT2D eigenvalue weighted by Gasteiger charge is -2.06. The Kier molecular flexibility index (Phi) is 4.28. The van der Waals surface area contributed by atoms with Crippen LogP contribution in [0.25, 0.3) is 0 Å². The van der Waals surface area contributed by atoms with Gasteiger partial charge >= 0.3 is 0 Å². The number of anilines is 1. The smallest absolute Gasteiger partial charge is 0.222 e. The number of aliphatic hydroxyl groups excluding tert-OH is 1. The minimum atomic E-state index is -0.525. The summed E-state index contributed by atoms with van der Waals surface area (Å²) in [6.45, 7) is 2.96. The van der Waals surface area contributed by atoms with Crippen LogP contribution in [0.1, 0.15) is 18.6 Å². The van der Waals surface area contributed by atoms with Crippen molar-refractivity contribution in [2.45, 2.75) is 13.0 Å². The molecule has 1 aromatic heterocycles. The van der Waals surface area contributed by atoms with E-state index in [2.05, 4.69) is 15.3 Å². The molecular weight excluding hydrogens is 182 g/mol. The number of hydrogen-bond donors (Lipinski definition) is 2. The summed E-state index contributed by atoms with van der Waals surface area (Å²) < 4.78 is 4.87. The summed E-state index contributed by atoms with van der Waals surface area (Å²) in [6.07, 6.45) is 2.68. The average molecular weight is 197 g/mol. The van der Waals surface area contributed by atoms with Gasteiger partial charge in [0.25, 0.3) is 0 Å². The topological polar surface area (TPSA) is 67.3 Å². The Morgan fingerprint density at radius 1 is 1.50 bits per heavy atom. The van der Waals surface area contributed by atoms with Gasteiger partial charge in [0.1, 0.15) is 0 Å². The van der Waals surface area contributed by atoms with E-state index in [1.165, 1.54) is 0 Å². The van der Waals surface area contributed by atoms with Gasteiger partial charge in [0.05, 0.1) is 12.7 Å². The summed E-state index contributed by atoms with van der Waals surface area (Å²) >= 11 is 0. The molecule has 1 heterocycles. The molecule has 0 saturated heterocycles. The molecule has 0 aliphatic carbocycles. The van der Waals surface area contributed by atoms with Crippen LogP contribution in [0.4, 0.5) is 5.95 Å². The van der Waals surface area contributed by atoms with Crippen molar-refractivity contribution in [2.75, 3.05) is 25.6 Å². The SMILES string of the molecule is COCCNc1ncc(C(C)O)cn1. The Morgan fingerprint density at radius 3 is 2.64 bits per heavy atom. The molecule has 0 radical (unpaired) electrons. The van der Waals surface area contributed by atoms with Gasteiger partial charge in [-0.1, -0.05) is 0 Å². The third-order valence-electron chi connectivity index (χ3n) is 1.74. The van der Waals surface area contributed by atoms with Gasteiger partial charge in [0.2, 0.25) is 5.95 Å². The summed E-state index contributed by atoms with van der Waals surface area (Å²) in [5, 5.41) is 12.2. The highest BCUT2D eigenvalue weighted by Crippen LogP contribution is 2.09. The Hall–Kier alpha value is -1.20. The number of nitrogens with zero attached hydrogens (tertiary/aromatic N) is 2. The zero-order chi connectivity index (χ0) is 10.4. The molecule has 0 bridgehead atoms. The standard InChI is InChI=1S/C9H15N3O2/c1-7(13)8-5-11-9(12-6-8)10-3-4-14-2/h5-7,13H,3-4H2,1-2H3,(H,10,11,12). The molecule has 0 aliphatic heterocycles. The van der Waals surface area contributed by atoms with Gasteiger partial charge in [-0.05, 0) is 6.92 Å². The maximum absolute atomic E-state index is 9.21. The fourth-order valence-electron chi connectivity index (χ4n) is 0.910. The molecule has 1 aromatic rings. The predicted octanol–water partition coefficient (Wildman–Crippen LogP) is 0.588. The molecule has 0 fully saturated rings. The van der Waals surface area contributed by atoms with E-state index in [0.29, 0.717) is 24.7 Å². The van der Waals surface area contributed by atoms with Gasteiger partial charge in [0.15, 0.2) is 0 Å².